The van der Waals surface area contributed by atoms with Crippen molar-refractivity contribution in [1.82, 2.24) is 19.9 Å². The quantitative estimate of drug-likeness (QED) is 0.515. The number of nitrogens with zero attached hydrogens (tertiary/aromatic N) is 5. The van der Waals surface area contributed by atoms with Crippen molar-refractivity contribution in [2.45, 2.75) is 19.8 Å². The highest BCUT2D eigenvalue weighted by molar-refractivity contribution is 7.59. The largest absolute Gasteiger partial charge is 0.493 e. The Morgan fingerprint density at radius 1 is 1.06 bits per heavy atom. The fourth-order valence-corrected chi connectivity index (χ4v) is 3.94. The van der Waals surface area contributed by atoms with Crippen LogP contribution in [0.2, 0.25) is 0 Å². The van der Waals surface area contributed by atoms with Crippen molar-refractivity contribution in [3.8, 4) is 17.0 Å². The van der Waals surface area contributed by atoms with Crippen LogP contribution in [0, 0.1) is 5.82 Å². The molecule has 1 aliphatic rings. The number of nitrogens with one attached hydrogen (secondary N) is 1. The lowest BCUT2D eigenvalue weighted by Gasteiger charge is -2.33. The molecule has 0 amide bonds. The van der Waals surface area contributed by atoms with Gasteiger partial charge in [-0.2, -0.15) is 13.5 Å². The van der Waals surface area contributed by atoms with E-state index in [0.717, 1.165) is 54.6 Å². The molecule has 1 saturated heterocycles. The molecule has 0 aliphatic carbocycles. The van der Waals surface area contributed by atoms with Crippen molar-refractivity contribution in [2.75, 3.05) is 56.6 Å². The molecule has 3 aromatic rings. The van der Waals surface area contributed by atoms with Gasteiger partial charge in [0.2, 0.25) is 0 Å². The van der Waals surface area contributed by atoms with E-state index in [4.69, 9.17) is 4.74 Å². The summed E-state index contributed by atoms with van der Waals surface area (Å²) in [6.45, 7) is 9.16. The molecule has 0 radical (unpaired) electrons. The van der Waals surface area contributed by atoms with Gasteiger partial charge in [0.15, 0.2) is 0 Å². The molecule has 0 bridgehead atoms. The molecule has 1 fully saturated rings. The predicted molar refractivity (Wildman–Crippen MR) is 140 cm³/mol. The van der Waals surface area contributed by atoms with Gasteiger partial charge in [-0.3, -0.25) is 0 Å². The van der Waals surface area contributed by atoms with E-state index >= 15 is 0 Å². The van der Waals surface area contributed by atoms with Gasteiger partial charge in [0.05, 0.1) is 12.3 Å². The summed E-state index contributed by atoms with van der Waals surface area (Å²) in [7, 11) is 2.15. The Hall–Kier alpha value is -2.91. The van der Waals surface area contributed by atoms with E-state index in [1.807, 2.05) is 19.2 Å². The molecule has 1 aromatic carbocycles. The van der Waals surface area contributed by atoms with Crippen LogP contribution in [0.1, 0.15) is 25.3 Å². The minimum atomic E-state index is -0.296. The molecule has 7 nitrogen and oxygen atoms in total. The number of ether oxygens (including phenoxy) is 1. The molecule has 4 rings (SSSR count). The van der Waals surface area contributed by atoms with Gasteiger partial charge in [-0.05, 0) is 37.7 Å². The van der Waals surface area contributed by atoms with E-state index in [9.17, 15) is 4.39 Å². The summed E-state index contributed by atoms with van der Waals surface area (Å²) in [5.41, 5.74) is 2.72. The molecule has 3 heterocycles. The van der Waals surface area contributed by atoms with Gasteiger partial charge < -0.3 is 19.9 Å². The van der Waals surface area contributed by atoms with Crippen LogP contribution in [-0.2, 0) is 0 Å². The van der Waals surface area contributed by atoms with Crippen LogP contribution in [-0.4, -0.2) is 66.2 Å². The van der Waals surface area contributed by atoms with Crippen molar-refractivity contribution in [2.24, 2.45) is 0 Å². The number of hydrogen-bond donors (Lipinski definition) is 1. The van der Waals surface area contributed by atoms with Gasteiger partial charge in [0.1, 0.15) is 29.5 Å². The highest BCUT2D eigenvalue weighted by Crippen LogP contribution is 2.28. The fraction of sp³-hybridized carbons (Fsp3) is 0.400. The first kappa shape index (κ1) is 25.7. The van der Waals surface area contributed by atoms with Crippen molar-refractivity contribution >= 4 is 25.1 Å². The van der Waals surface area contributed by atoms with Gasteiger partial charge in [0, 0.05) is 62.5 Å². The molecule has 2 aromatic heterocycles. The van der Waals surface area contributed by atoms with Crippen LogP contribution in [0.3, 0.4) is 0 Å². The summed E-state index contributed by atoms with van der Waals surface area (Å²) in [5, 5.41) is 3.37. The Balaban J connectivity index is 0.00000324. The number of aromatic nitrogens is 3. The molecular weight excluding hydrogens is 451 g/mol. The second-order valence-electron chi connectivity index (χ2n) is 8.38. The predicted octanol–water partition coefficient (Wildman–Crippen LogP) is 4.16. The Morgan fingerprint density at radius 2 is 1.85 bits per heavy atom. The zero-order chi connectivity index (χ0) is 23.2. The standard InChI is InChI=1S/C25H31FN6O.H2S/c1-4-33-23-13-20(26)6-7-21(23)18(2)15-27-24-14-22(29-17-30-24)19-5-8-25(28-16-19)32-11-9-31(3)10-12-32;/h5-8,13-14,16-18H,4,9-12,15H2,1-3H3,(H,27,29,30);1H2/t18-;/m1./s1. The molecule has 1 aliphatic heterocycles. The molecule has 9 heteroatoms. The highest BCUT2D eigenvalue weighted by atomic mass is 32.1. The lowest BCUT2D eigenvalue weighted by atomic mass is 10.00. The maximum atomic E-state index is 13.6. The van der Waals surface area contributed by atoms with Crippen molar-refractivity contribution < 1.29 is 9.13 Å². The normalized spacial score (nSPS) is 14.9. The number of likely N-dealkylation sites (N-methyl/N-ethyl adjacent to an activating group) is 1. The highest BCUT2D eigenvalue weighted by Gasteiger charge is 2.16. The average Bonchev–Trinajstić information content (AvgIpc) is 2.84. The fourth-order valence-electron chi connectivity index (χ4n) is 3.94. The first-order chi connectivity index (χ1) is 16.0. The SMILES string of the molecule is CCOc1cc(F)ccc1[C@H](C)CNc1cc(-c2ccc(N3CCN(C)CC3)nc2)ncn1.S. The molecule has 34 heavy (non-hydrogen) atoms. The van der Waals surface area contributed by atoms with Crippen molar-refractivity contribution in [3.63, 3.8) is 0 Å². The summed E-state index contributed by atoms with van der Waals surface area (Å²) >= 11 is 0. The number of benzene rings is 1. The molecular formula is C25H33FN6OS. The van der Waals surface area contributed by atoms with Gasteiger partial charge in [0.25, 0.3) is 0 Å². The van der Waals surface area contributed by atoms with E-state index in [-0.39, 0.29) is 25.2 Å². The lowest BCUT2D eigenvalue weighted by molar-refractivity contribution is 0.312. The van der Waals surface area contributed by atoms with Crippen LogP contribution in [0.5, 0.6) is 5.75 Å². The first-order valence-corrected chi connectivity index (χ1v) is 11.4. The maximum Gasteiger partial charge on any atom is 0.129 e. The topological polar surface area (TPSA) is 66.4 Å². The summed E-state index contributed by atoms with van der Waals surface area (Å²) < 4.78 is 19.2. The third-order valence-corrected chi connectivity index (χ3v) is 5.93. The Labute approximate surface area is 207 Å². The number of pyridine rings is 1. The molecule has 182 valence electrons. The Morgan fingerprint density at radius 3 is 2.56 bits per heavy atom. The second kappa shape index (κ2) is 12.0. The van der Waals surface area contributed by atoms with Crippen LogP contribution >= 0.6 is 13.5 Å². The van der Waals surface area contributed by atoms with Gasteiger partial charge >= 0.3 is 0 Å². The van der Waals surface area contributed by atoms with E-state index < -0.39 is 0 Å². The molecule has 1 N–H and O–H groups in total. The lowest BCUT2D eigenvalue weighted by Crippen LogP contribution is -2.44. The van der Waals surface area contributed by atoms with Crippen LogP contribution in [0.25, 0.3) is 11.3 Å². The smallest absolute Gasteiger partial charge is 0.129 e. The third kappa shape index (κ3) is 6.36. The van der Waals surface area contributed by atoms with Crippen molar-refractivity contribution in [1.29, 1.82) is 0 Å². The zero-order valence-corrected chi connectivity index (χ0v) is 21.0. The summed E-state index contributed by atoms with van der Waals surface area (Å²) in [4.78, 5) is 18.1. The minimum Gasteiger partial charge on any atom is -0.493 e. The maximum absolute atomic E-state index is 13.6. The van der Waals surface area contributed by atoms with Crippen LogP contribution in [0.15, 0.2) is 48.9 Å². The Bertz CT molecular complexity index is 1060. The van der Waals surface area contributed by atoms with Gasteiger partial charge in [-0.25, -0.2) is 19.3 Å². The number of piperazine rings is 1. The van der Waals surface area contributed by atoms with E-state index in [2.05, 4.69) is 56.2 Å². The van der Waals surface area contributed by atoms with E-state index in [0.29, 0.717) is 18.9 Å². The number of rotatable bonds is 8. The Kier molecular flexibility index (Phi) is 9.06. The molecule has 1 atom stereocenters. The average molecular weight is 485 g/mol. The molecule has 0 unspecified atom stereocenters. The summed E-state index contributed by atoms with van der Waals surface area (Å²) in [5.74, 6) is 2.12. The monoisotopic (exact) mass is 484 g/mol. The minimum absolute atomic E-state index is 0. The number of anilines is 2. The van der Waals surface area contributed by atoms with Gasteiger partial charge in [-0.1, -0.05) is 13.0 Å². The van der Waals surface area contributed by atoms with Crippen LogP contribution in [0.4, 0.5) is 16.0 Å². The summed E-state index contributed by atoms with van der Waals surface area (Å²) in [6, 6.07) is 10.7. The van der Waals surface area contributed by atoms with Gasteiger partial charge in [-0.15, -0.1) is 0 Å². The number of halogens is 1. The van der Waals surface area contributed by atoms with E-state index in [1.54, 1.807) is 12.4 Å². The second-order valence-corrected chi connectivity index (χ2v) is 8.38. The summed E-state index contributed by atoms with van der Waals surface area (Å²) in [6.07, 6.45) is 3.43. The first-order valence-electron chi connectivity index (χ1n) is 11.4. The number of hydrogen-bond acceptors (Lipinski definition) is 7. The third-order valence-electron chi connectivity index (χ3n) is 5.93. The molecule has 0 saturated carbocycles. The van der Waals surface area contributed by atoms with E-state index in [1.165, 1.54) is 12.1 Å². The van der Waals surface area contributed by atoms with Crippen LogP contribution < -0.4 is 15.0 Å². The zero-order valence-electron chi connectivity index (χ0n) is 20.0. The molecule has 0 spiro atoms. The van der Waals surface area contributed by atoms with Crippen molar-refractivity contribution in [3.05, 3.63) is 60.3 Å².